The van der Waals surface area contributed by atoms with E-state index in [4.69, 9.17) is 0 Å². The third kappa shape index (κ3) is 2.80. The first-order valence-electron chi connectivity index (χ1n) is 7.65. The molecule has 4 nitrogen and oxygen atoms in total. The van der Waals surface area contributed by atoms with E-state index in [0.29, 0.717) is 5.56 Å². The number of hydrogen-bond donors (Lipinski definition) is 3. The standard InChI is InChI=1S/C19H20N2O2/c1-11-12(2)20-18-16(11)8-5-9-17(18)19(23)21-13(3)14-6-4-7-15(22)10-14/h4-10,13,20,22H,1-3H3,(H,21,23)/t13-/m1/s1. The Morgan fingerprint density at radius 1 is 1.17 bits per heavy atom. The molecule has 118 valence electrons. The van der Waals surface area contributed by atoms with Crippen LogP contribution in [0.3, 0.4) is 0 Å². The van der Waals surface area contributed by atoms with Crippen molar-refractivity contribution < 1.29 is 9.90 Å². The molecule has 3 N–H and O–H groups in total. The maximum Gasteiger partial charge on any atom is 0.253 e. The van der Waals surface area contributed by atoms with Crippen molar-refractivity contribution in [3.63, 3.8) is 0 Å². The van der Waals surface area contributed by atoms with Gasteiger partial charge >= 0.3 is 0 Å². The zero-order valence-electron chi connectivity index (χ0n) is 13.5. The highest BCUT2D eigenvalue weighted by Crippen LogP contribution is 2.25. The van der Waals surface area contributed by atoms with Gasteiger partial charge in [-0.25, -0.2) is 0 Å². The Balaban J connectivity index is 1.90. The molecule has 0 radical (unpaired) electrons. The van der Waals surface area contributed by atoms with Crippen molar-refractivity contribution >= 4 is 16.8 Å². The third-order valence-electron chi connectivity index (χ3n) is 4.31. The van der Waals surface area contributed by atoms with Gasteiger partial charge in [-0.3, -0.25) is 4.79 Å². The molecule has 23 heavy (non-hydrogen) atoms. The first kappa shape index (κ1) is 15.2. The van der Waals surface area contributed by atoms with E-state index in [9.17, 15) is 9.90 Å². The molecule has 3 rings (SSSR count). The Labute approximate surface area is 135 Å². The second-order valence-corrected chi connectivity index (χ2v) is 5.89. The fourth-order valence-electron chi connectivity index (χ4n) is 2.82. The summed E-state index contributed by atoms with van der Waals surface area (Å²) in [5.74, 6) is 0.0639. The number of nitrogens with one attached hydrogen (secondary N) is 2. The number of aryl methyl sites for hydroxylation is 2. The lowest BCUT2D eigenvalue weighted by Crippen LogP contribution is -2.26. The summed E-state index contributed by atoms with van der Waals surface area (Å²) in [5, 5.41) is 13.6. The molecular formula is C19H20N2O2. The fourth-order valence-corrected chi connectivity index (χ4v) is 2.82. The van der Waals surface area contributed by atoms with Crippen LogP contribution < -0.4 is 5.32 Å². The Morgan fingerprint density at radius 2 is 1.91 bits per heavy atom. The first-order chi connectivity index (χ1) is 11.0. The third-order valence-corrected chi connectivity index (χ3v) is 4.31. The number of H-pyrrole nitrogens is 1. The van der Waals surface area contributed by atoms with E-state index in [1.54, 1.807) is 18.2 Å². The molecule has 0 saturated carbocycles. The Hall–Kier alpha value is -2.75. The number of amides is 1. The molecule has 0 aliphatic rings. The van der Waals surface area contributed by atoms with E-state index >= 15 is 0 Å². The number of aromatic amines is 1. The van der Waals surface area contributed by atoms with Crippen molar-refractivity contribution in [2.45, 2.75) is 26.8 Å². The fraction of sp³-hybridized carbons (Fsp3) is 0.211. The number of aromatic nitrogens is 1. The molecule has 0 aliphatic carbocycles. The minimum absolute atomic E-state index is 0.132. The Kier molecular flexibility index (Phi) is 3.82. The Morgan fingerprint density at radius 3 is 2.65 bits per heavy atom. The number of carbonyl (C=O) groups excluding carboxylic acids is 1. The summed E-state index contributed by atoms with van der Waals surface area (Å²) in [6.07, 6.45) is 0. The summed E-state index contributed by atoms with van der Waals surface area (Å²) in [6, 6.07) is 12.5. The number of fused-ring (bicyclic) bond motifs is 1. The highest BCUT2D eigenvalue weighted by atomic mass is 16.3. The highest BCUT2D eigenvalue weighted by Gasteiger charge is 2.16. The van der Waals surface area contributed by atoms with Gasteiger partial charge in [-0.05, 0) is 50.1 Å². The van der Waals surface area contributed by atoms with Gasteiger partial charge < -0.3 is 15.4 Å². The van der Waals surface area contributed by atoms with Crippen LogP contribution in [0.1, 0.15) is 40.1 Å². The maximum absolute atomic E-state index is 12.7. The van der Waals surface area contributed by atoms with Crippen molar-refractivity contribution in [2.75, 3.05) is 0 Å². The molecule has 1 atom stereocenters. The largest absolute Gasteiger partial charge is 0.508 e. The van der Waals surface area contributed by atoms with Crippen molar-refractivity contribution in [3.8, 4) is 5.75 Å². The van der Waals surface area contributed by atoms with Gasteiger partial charge in [-0.1, -0.05) is 24.3 Å². The molecule has 0 spiro atoms. The van der Waals surface area contributed by atoms with Gasteiger partial charge in [0.25, 0.3) is 5.91 Å². The van der Waals surface area contributed by atoms with Crippen molar-refractivity contribution in [2.24, 2.45) is 0 Å². The second-order valence-electron chi connectivity index (χ2n) is 5.89. The van der Waals surface area contributed by atoms with Gasteiger partial charge in [0.15, 0.2) is 0 Å². The summed E-state index contributed by atoms with van der Waals surface area (Å²) in [7, 11) is 0. The number of benzene rings is 2. The predicted molar refractivity (Wildman–Crippen MR) is 91.8 cm³/mol. The minimum Gasteiger partial charge on any atom is -0.508 e. The second kappa shape index (κ2) is 5.80. The van der Waals surface area contributed by atoms with Crippen LogP contribution in [0.5, 0.6) is 5.75 Å². The lowest BCUT2D eigenvalue weighted by molar-refractivity contribution is 0.0941. The minimum atomic E-state index is -0.193. The topological polar surface area (TPSA) is 65.1 Å². The zero-order chi connectivity index (χ0) is 16.6. The monoisotopic (exact) mass is 308 g/mol. The molecule has 1 amide bonds. The lowest BCUT2D eigenvalue weighted by Gasteiger charge is -2.15. The number of phenolic OH excluding ortho intramolecular Hbond substituents is 1. The van der Waals surface area contributed by atoms with E-state index in [1.807, 2.05) is 45.0 Å². The number of aromatic hydroxyl groups is 1. The van der Waals surface area contributed by atoms with Crippen LogP contribution in [0.2, 0.25) is 0 Å². The van der Waals surface area contributed by atoms with Crippen LogP contribution in [0.15, 0.2) is 42.5 Å². The molecule has 3 aromatic rings. The first-order valence-corrected chi connectivity index (χ1v) is 7.65. The quantitative estimate of drug-likeness (QED) is 0.685. The van der Waals surface area contributed by atoms with Crippen LogP contribution in [0.25, 0.3) is 10.9 Å². The van der Waals surface area contributed by atoms with Crippen molar-refractivity contribution in [1.29, 1.82) is 0 Å². The molecule has 4 heteroatoms. The number of para-hydroxylation sites is 1. The van der Waals surface area contributed by atoms with Crippen LogP contribution >= 0.6 is 0 Å². The van der Waals surface area contributed by atoms with Gasteiger partial charge in [0.1, 0.15) is 5.75 Å². The van der Waals surface area contributed by atoms with Gasteiger partial charge in [-0.15, -0.1) is 0 Å². The zero-order valence-corrected chi connectivity index (χ0v) is 13.5. The average Bonchev–Trinajstić information content (AvgIpc) is 2.82. The normalized spacial score (nSPS) is 12.3. The van der Waals surface area contributed by atoms with E-state index in [2.05, 4.69) is 10.3 Å². The summed E-state index contributed by atoms with van der Waals surface area (Å²) in [5.41, 5.74) is 4.59. The van der Waals surface area contributed by atoms with Crippen LogP contribution in [-0.4, -0.2) is 16.0 Å². The van der Waals surface area contributed by atoms with Crippen molar-refractivity contribution in [1.82, 2.24) is 10.3 Å². The summed E-state index contributed by atoms with van der Waals surface area (Å²) in [6.45, 7) is 5.95. The van der Waals surface area contributed by atoms with Gasteiger partial charge in [-0.2, -0.15) is 0 Å². The predicted octanol–water partition coefficient (Wildman–Crippen LogP) is 3.98. The number of rotatable bonds is 3. The van der Waals surface area contributed by atoms with Crippen LogP contribution in [-0.2, 0) is 0 Å². The average molecular weight is 308 g/mol. The summed E-state index contributed by atoms with van der Waals surface area (Å²) in [4.78, 5) is 16.0. The number of phenols is 1. The van der Waals surface area contributed by atoms with E-state index in [1.165, 1.54) is 0 Å². The molecule has 0 fully saturated rings. The SMILES string of the molecule is Cc1[nH]c2c(C(=O)N[C@H](C)c3cccc(O)c3)cccc2c1C. The molecule has 0 saturated heterocycles. The molecule has 0 unspecified atom stereocenters. The number of hydrogen-bond acceptors (Lipinski definition) is 2. The van der Waals surface area contributed by atoms with Gasteiger partial charge in [0, 0.05) is 11.1 Å². The van der Waals surface area contributed by atoms with Gasteiger partial charge in [0.05, 0.1) is 17.1 Å². The van der Waals surface area contributed by atoms with Crippen LogP contribution in [0, 0.1) is 13.8 Å². The van der Waals surface area contributed by atoms with Crippen molar-refractivity contribution in [3.05, 3.63) is 64.8 Å². The molecule has 0 bridgehead atoms. The van der Waals surface area contributed by atoms with Crippen LogP contribution in [0.4, 0.5) is 0 Å². The molecule has 1 heterocycles. The molecule has 2 aromatic carbocycles. The smallest absolute Gasteiger partial charge is 0.253 e. The number of carbonyl (C=O) groups is 1. The van der Waals surface area contributed by atoms with E-state index in [-0.39, 0.29) is 17.7 Å². The molecule has 0 aliphatic heterocycles. The van der Waals surface area contributed by atoms with Gasteiger partial charge in [0.2, 0.25) is 0 Å². The maximum atomic E-state index is 12.7. The van der Waals surface area contributed by atoms with E-state index < -0.39 is 0 Å². The summed E-state index contributed by atoms with van der Waals surface area (Å²) < 4.78 is 0. The molecule has 1 aromatic heterocycles. The van der Waals surface area contributed by atoms with E-state index in [0.717, 1.165) is 27.7 Å². The Bertz CT molecular complexity index is 880. The highest BCUT2D eigenvalue weighted by molar-refractivity contribution is 6.06. The summed E-state index contributed by atoms with van der Waals surface area (Å²) >= 11 is 0. The lowest BCUT2D eigenvalue weighted by atomic mass is 10.1. The molecular weight excluding hydrogens is 288 g/mol.